The van der Waals surface area contributed by atoms with Crippen LogP contribution in [0, 0.1) is 11.3 Å². The molecule has 18 heavy (non-hydrogen) atoms. The van der Waals surface area contributed by atoms with Gasteiger partial charge < -0.3 is 4.90 Å². The second-order valence-electron chi connectivity index (χ2n) is 6.12. The maximum Gasteiger partial charge on any atom is 0.134 e. The van der Waals surface area contributed by atoms with Crippen LogP contribution in [0.15, 0.2) is 6.07 Å². The fourth-order valence-corrected chi connectivity index (χ4v) is 2.64. The predicted octanol–water partition coefficient (Wildman–Crippen LogP) is 3.56. The molecule has 4 heteroatoms. The molecule has 1 aromatic rings. The summed E-state index contributed by atoms with van der Waals surface area (Å²) >= 11 is 6.06. The lowest BCUT2D eigenvalue weighted by Crippen LogP contribution is -2.26. The highest BCUT2D eigenvalue weighted by Gasteiger charge is 2.32. The molecule has 0 N–H and O–H groups in total. The summed E-state index contributed by atoms with van der Waals surface area (Å²) in [5, 5.41) is 0.552. The van der Waals surface area contributed by atoms with Crippen LogP contribution in [0.25, 0.3) is 0 Å². The van der Waals surface area contributed by atoms with Gasteiger partial charge in [0, 0.05) is 25.6 Å². The second-order valence-corrected chi connectivity index (χ2v) is 6.50. The van der Waals surface area contributed by atoms with E-state index in [1.165, 1.54) is 6.42 Å². The molecule has 1 fully saturated rings. The van der Waals surface area contributed by atoms with E-state index in [1.807, 2.05) is 6.07 Å². The average Bonchev–Trinajstić information content (AvgIpc) is 2.77. The van der Waals surface area contributed by atoms with Gasteiger partial charge >= 0.3 is 0 Å². The molecule has 2 rings (SSSR count). The van der Waals surface area contributed by atoms with Crippen molar-refractivity contribution in [3.8, 4) is 0 Å². The molecule has 1 unspecified atom stereocenters. The van der Waals surface area contributed by atoms with Gasteiger partial charge in [-0.3, -0.25) is 0 Å². The number of anilines is 1. The Bertz CT molecular complexity index is 426. The summed E-state index contributed by atoms with van der Waals surface area (Å²) < 4.78 is 0. The molecule has 0 saturated carbocycles. The van der Waals surface area contributed by atoms with E-state index in [2.05, 4.69) is 42.6 Å². The molecule has 3 nitrogen and oxygen atoms in total. The van der Waals surface area contributed by atoms with E-state index in [9.17, 15) is 0 Å². The number of hydrogen-bond acceptors (Lipinski definition) is 3. The van der Waals surface area contributed by atoms with Crippen LogP contribution < -0.4 is 4.90 Å². The molecule has 0 aromatic carbocycles. The Balaban J connectivity index is 2.16. The molecule has 1 aromatic heterocycles. The van der Waals surface area contributed by atoms with Crippen molar-refractivity contribution in [2.24, 2.45) is 11.3 Å². The van der Waals surface area contributed by atoms with E-state index in [0.717, 1.165) is 37.1 Å². The van der Waals surface area contributed by atoms with Gasteiger partial charge in [0.15, 0.2) is 0 Å². The van der Waals surface area contributed by atoms with Gasteiger partial charge in [-0.1, -0.05) is 39.3 Å². The molecule has 0 spiro atoms. The topological polar surface area (TPSA) is 29.0 Å². The van der Waals surface area contributed by atoms with Crippen molar-refractivity contribution in [2.45, 2.75) is 40.5 Å². The van der Waals surface area contributed by atoms with E-state index in [-0.39, 0.29) is 0 Å². The van der Waals surface area contributed by atoms with Gasteiger partial charge in [0.1, 0.15) is 16.8 Å². The van der Waals surface area contributed by atoms with Crippen LogP contribution in [-0.2, 0) is 6.42 Å². The summed E-state index contributed by atoms with van der Waals surface area (Å²) in [6.45, 7) is 11.1. The van der Waals surface area contributed by atoms with Crippen LogP contribution in [-0.4, -0.2) is 23.1 Å². The fourth-order valence-electron chi connectivity index (χ4n) is 2.45. The summed E-state index contributed by atoms with van der Waals surface area (Å²) in [4.78, 5) is 11.1. The first kappa shape index (κ1) is 13.6. The predicted molar refractivity (Wildman–Crippen MR) is 76.2 cm³/mol. The maximum absolute atomic E-state index is 6.06. The molecule has 100 valence electrons. The van der Waals surface area contributed by atoms with Crippen LogP contribution in [0.1, 0.15) is 39.9 Å². The van der Waals surface area contributed by atoms with Crippen molar-refractivity contribution in [2.75, 3.05) is 18.0 Å². The Morgan fingerprint density at radius 3 is 2.67 bits per heavy atom. The van der Waals surface area contributed by atoms with Crippen molar-refractivity contribution >= 4 is 17.4 Å². The standard InChI is InChI=1S/C14H22ClN3/c1-5-12-16-11(15)8-13(17-12)18-7-6-10(9-18)14(2,3)4/h8,10H,5-7,9H2,1-4H3. The van der Waals surface area contributed by atoms with Crippen LogP contribution in [0.3, 0.4) is 0 Å². The van der Waals surface area contributed by atoms with E-state index < -0.39 is 0 Å². The first-order valence-corrected chi connectivity index (χ1v) is 7.06. The summed E-state index contributed by atoms with van der Waals surface area (Å²) in [5.74, 6) is 2.53. The molecule has 0 aliphatic carbocycles. The molecular formula is C14H22ClN3. The number of halogens is 1. The Morgan fingerprint density at radius 1 is 1.39 bits per heavy atom. The molecular weight excluding hydrogens is 246 g/mol. The molecule has 2 heterocycles. The third kappa shape index (κ3) is 2.94. The maximum atomic E-state index is 6.06. The van der Waals surface area contributed by atoms with Gasteiger partial charge in [0.2, 0.25) is 0 Å². The summed E-state index contributed by atoms with van der Waals surface area (Å²) in [7, 11) is 0. The first-order valence-electron chi connectivity index (χ1n) is 6.68. The Morgan fingerprint density at radius 2 is 2.11 bits per heavy atom. The molecule has 1 aliphatic heterocycles. The number of aryl methyl sites for hydroxylation is 1. The monoisotopic (exact) mass is 267 g/mol. The Hall–Kier alpha value is -0.830. The van der Waals surface area contributed by atoms with E-state index in [1.54, 1.807) is 0 Å². The average molecular weight is 268 g/mol. The lowest BCUT2D eigenvalue weighted by Gasteiger charge is -2.27. The smallest absolute Gasteiger partial charge is 0.134 e. The largest absolute Gasteiger partial charge is 0.356 e. The van der Waals surface area contributed by atoms with Gasteiger partial charge in [0.05, 0.1) is 0 Å². The zero-order valence-corrected chi connectivity index (χ0v) is 12.5. The lowest BCUT2D eigenvalue weighted by atomic mass is 9.80. The van der Waals surface area contributed by atoms with Gasteiger partial charge in [-0.25, -0.2) is 9.97 Å². The van der Waals surface area contributed by atoms with Crippen LogP contribution in [0.4, 0.5) is 5.82 Å². The Kier molecular flexibility index (Phi) is 3.81. The minimum absolute atomic E-state index is 0.360. The zero-order chi connectivity index (χ0) is 13.3. The van der Waals surface area contributed by atoms with E-state index in [4.69, 9.17) is 11.6 Å². The van der Waals surface area contributed by atoms with Gasteiger partial charge in [-0.15, -0.1) is 0 Å². The summed E-state index contributed by atoms with van der Waals surface area (Å²) in [5.41, 5.74) is 0.360. The van der Waals surface area contributed by atoms with Gasteiger partial charge in [0.25, 0.3) is 0 Å². The summed E-state index contributed by atoms with van der Waals surface area (Å²) in [6, 6.07) is 1.88. The molecule has 1 atom stereocenters. The normalized spacial score (nSPS) is 20.5. The SMILES string of the molecule is CCc1nc(Cl)cc(N2CCC(C(C)(C)C)C2)n1. The van der Waals surface area contributed by atoms with Crippen molar-refractivity contribution in [3.63, 3.8) is 0 Å². The zero-order valence-electron chi connectivity index (χ0n) is 11.7. The minimum Gasteiger partial charge on any atom is -0.356 e. The lowest BCUT2D eigenvalue weighted by molar-refractivity contribution is 0.263. The van der Waals surface area contributed by atoms with Crippen molar-refractivity contribution in [1.82, 2.24) is 9.97 Å². The number of rotatable bonds is 2. The second kappa shape index (κ2) is 5.04. The Labute approximate surface area is 115 Å². The number of nitrogens with zero attached hydrogens (tertiary/aromatic N) is 3. The molecule has 0 radical (unpaired) electrons. The van der Waals surface area contributed by atoms with E-state index in [0.29, 0.717) is 10.6 Å². The van der Waals surface area contributed by atoms with Crippen LogP contribution >= 0.6 is 11.6 Å². The third-order valence-corrected chi connectivity index (χ3v) is 3.97. The van der Waals surface area contributed by atoms with E-state index >= 15 is 0 Å². The van der Waals surface area contributed by atoms with Gasteiger partial charge in [-0.2, -0.15) is 0 Å². The molecule has 1 aliphatic rings. The summed E-state index contributed by atoms with van der Waals surface area (Å²) in [6.07, 6.45) is 2.05. The highest BCUT2D eigenvalue weighted by molar-refractivity contribution is 6.29. The van der Waals surface area contributed by atoms with Crippen molar-refractivity contribution < 1.29 is 0 Å². The van der Waals surface area contributed by atoms with Crippen molar-refractivity contribution in [3.05, 3.63) is 17.0 Å². The molecule has 1 saturated heterocycles. The molecule has 0 amide bonds. The highest BCUT2D eigenvalue weighted by atomic mass is 35.5. The van der Waals surface area contributed by atoms with Crippen LogP contribution in [0.5, 0.6) is 0 Å². The fraction of sp³-hybridized carbons (Fsp3) is 0.714. The first-order chi connectivity index (χ1) is 8.40. The van der Waals surface area contributed by atoms with Crippen molar-refractivity contribution in [1.29, 1.82) is 0 Å². The van der Waals surface area contributed by atoms with Gasteiger partial charge in [-0.05, 0) is 17.8 Å². The quantitative estimate of drug-likeness (QED) is 0.767. The van der Waals surface area contributed by atoms with Crippen LogP contribution in [0.2, 0.25) is 5.15 Å². The third-order valence-electron chi connectivity index (χ3n) is 3.78. The minimum atomic E-state index is 0.360. The number of hydrogen-bond donors (Lipinski definition) is 0. The highest BCUT2D eigenvalue weighted by Crippen LogP contribution is 2.35. The number of aromatic nitrogens is 2. The molecule has 0 bridgehead atoms.